The summed E-state index contributed by atoms with van der Waals surface area (Å²) in [7, 11) is 0. The lowest BCUT2D eigenvalue weighted by Gasteiger charge is -2.37. The van der Waals surface area contributed by atoms with Gasteiger partial charge in [0.25, 0.3) is 0 Å². The fourth-order valence-electron chi connectivity index (χ4n) is 2.72. The Labute approximate surface area is 111 Å². The van der Waals surface area contributed by atoms with Crippen LogP contribution in [0.4, 0.5) is 0 Å². The summed E-state index contributed by atoms with van der Waals surface area (Å²) < 4.78 is 6.25. The molecule has 0 aliphatic heterocycles. The van der Waals surface area contributed by atoms with Gasteiger partial charge in [-0.05, 0) is 44.3 Å². The molecule has 2 rings (SSSR count). The predicted molar refractivity (Wildman–Crippen MR) is 77.6 cm³/mol. The van der Waals surface area contributed by atoms with E-state index in [9.17, 15) is 0 Å². The van der Waals surface area contributed by atoms with Gasteiger partial charge in [0.05, 0.1) is 5.60 Å². The number of hydrogen-bond donors (Lipinski definition) is 0. The minimum atomic E-state index is -0.101. The van der Waals surface area contributed by atoms with Gasteiger partial charge in [-0.25, -0.2) is 0 Å². The minimum Gasteiger partial charge on any atom is -0.370 e. The minimum absolute atomic E-state index is 0.101. The van der Waals surface area contributed by atoms with Crippen molar-refractivity contribution in [2.75, 3.05) is 6.61 Å². The SMILES string of the molecule is CCCOC1(CC2=CCC=C2)CC=C(C)C=C1C. The van der Waals surface area contributed by atoms with E-state index in [-0.39, 0.29) is 5.60 Å². The van der Waals surface area contributed by atoms with Crippen LogP contribution in [0.25, 0.3) is 0 Å². The van der Waals surface area contributed by atoms with Crippen LogP contribution < -0.4 is 0 Å². The molecule has 2 aliphatic rings. The first-order valence-corrected chi connectivity index (χ1v) is 7.01. The van der Waals surface area contributed by atoms with Crippen LogP contribution in [0, 0.1) is 0 Å². The van der Waals surface area contributed by atoms with Gasteiger partial charge in [-0.15, -0.1) is 0 Å². The second kappa shape index (κ2) is 5.71. The van der Waals surface area contributed by atoms with Gasteiger partial charge in [-0.3, -0.25) is 0 Å². The molecule has 0 N–H and O–H groups in total. The molecule has 0 radical (unpaired) electrons. The monoisotopic (exact) mass is 244 g/mol. The molecular weight excluding hydrogens is 220 g/mol. The van der Waals surface area contributed by atoms with Crippen molar-refractivity contribution in [3.05, 3.63) is 47.1 Å². The fourth-order valence-corrected chi connectivity index (χ4v) is 2.72. The lowest BCUT2D eigenvalue weighted by atomic mass is 9.80. The maximum absolute atomic E-state index is 6.25. The predicted octanol–water partition coefficient (Wildman–Crippen LogP) is 4.72. The third-order valence-electron chi connectivity index (χ3n) is 3.84. The highest BCUT2D eigenvalue weighted by molar-refractivity contribution is 5.37. The topological polar surface area (TPSA) is 9.23 Å². The highest BCUT2D eigenvalue weighted by Gasteiger charge is 2.34. The third-order valence-corrected chi connectivity index (χ3v) is 3.84. The molecule has 0 aromatic carbocycles. The van der Waals surface area contributed by atoms with Crippen molar-refractivity contribution in [2.24, 2.45) is 0 Å². The van der Waals surface area contributed by atoms with Crippen molar-refractivity contribution in [3.63, 3.8) is 0 Å². The summed E-state index contributed by atoms with van der Waals surface area (Å²) in [6.07, 6.45) is 15.5. The zero-order chi connectivity index (χ0) is 13.0. The molecule has 0 saturated carbocycles. The van der Waals surface area contributed by atoms with Crippen LogP contribution >= 0.6 is 0 Å². The Morgan fingerprint density at radius 2 is 2.11 bits per heavy atom. The summed E-state index contributed by atoms with van der Waals surface area (Å²) in [5.41, 5.74) is 4.05. The Balaban J connectivity index is 2.18. The lowest BCUT2D eigenvalue weighted by molar-refractivity contribution is -0.0153. The van der Waals surface area contributed by atoms with Crippen LogP contribution in [0.3, 0.4) is 0 Å². The van der Waals surface area contributed by atoms with E-state index in [1.54, 1.807) is 0 Å². The van der Waals surface area contributed by atoms with Crippen LogP contribution in [0.2, 0.25) is 0 Å². The quantitative estimate of drug-likeness (QED) is 0.679. The molecule has 0 spiro atoms. The van der Waals surface area contributed by atoms with E-state index < -0.39 is 0 Å². The smallest absolute Gasteiger partial charge is 0.0966 e. The Bertz CT molecular complexity index is 423. The summed E-state index contributed by atoms with van der Waals surface area (Å²) in [5.74, 6) is 0. The Hall–Kier alpha value is -1.08. The summed E-state index contributed by atoms with van der Waals surface area (Å²) >= 11 is 0. The molecule has 98 valence electrons. The number of hydrogen-bond acceptors (Lipinski definition) is 1. The van der Waals surface area contributed by atoms with Crippen molar-refractivity contribution in [1.29, 1.82) is 0 Å². The summed E-state index contributed by atoms with van der Waals surface area (Å²) in [6.45, 7) is 7.40. The van der Waals surface area contributed by atoms with E-state index in [2.05, 4.69) is 51.2 Å². The zero-order valence-corrected chi connectivity index (χ0v) is 11.8. The molecule has 2 aliphatic carbocycles. The van der Waals surface area contributed by atoms with Gasteiger partial charge >= 0.3 is 0 Å². The van der Waals surface area contributed by atoms with Crippen molar-refractivity contribution in [2.45, 2.75) is 52.1 Å². The standard InChI is InChI=1S/C17H24O/c1-4-11-18-17(13-16-7-5-6-8-16)10-9-14(2)12-15(17)3/h5,7-9,12H,4,6,10-11,13H2,1-3H3. The van der Waals surface area contributed by atoms with Crippen LogP contribution in [0.15, 0.2) is 47.1 Å². The average molecular weight is 244 g/mol. The van der Waals surface area contributed by atoms with Gasteiger partial charge in [0, 0.05) is 13.0 Å². The van der Waals surface area contributed by atoms with Crippen molar-refractivity contribution >= 4 is 0 Å². The maximum Gasteiger partial charge on any atom is 0.0966 e. The maximum atomic E-state index is 6.25. The Kier molecular flexibility index (Phi) is 4.23. The molecule has 1 unspecified atom stereocenters. The van der Waals surface area contributed by atoms with Crippen LogP contribution in [-0.4, -0.2) is 12.2 Å². The largest absolute Gasteiger partial charge is 0.370 e. The van der Waals surface area contributed by atoms with Crippen molar-refractivity contribution in [3.8, 4) is 0 Å². The first kappa shape index (κ1) is 13.4. The number of ether oxygens (including phenoxy) is 1. The number of rotatable bonds is 5. The summed E-state index contributed by atoms with van der Waals surface area (Å²) in [5, 5.41) is 0. The van der Waals surface area contributed by atoms with Gasteiger partial charge in [0.15, 0.2) is 0 Å². The van der Waals surface area contributed by atoms with Crippen molar-refractivity contribution in [1.82, 2.24) is 0 Å². The molecule has 1 atom stereocenters. The van der Waals surface area contributed by atoms with Gasteiger partial charge in [-0.1, -0.05) is 42.9 Å². The van der Waals surface area contributed by atoms with Gasteiger partial charge in [0.2, 0.25) is 0 Å². The molecule has 0 saturated heterocycles. The number of allylic oxidation sites excluding steroid dienone is 5. The van der Waals surface area contributed by atoms with Crippen LogP contribution in [0.1, 0.15) is 46.5 Å². The van der Waals surface area contributed by atoms with Crippen LogP contribution in [0.5, 0.6) is 0 Å². The van der Waals surface area contributed by atoms with E-state index in [4.69, 9.17) is 4.74 Å². The molecular formula is C17H24O. The van der Waals surface area contributed by atoms with Gasteiger partial charge < -0.3 is 4.74 Å². The molecule has 1 nitrogen and oxygen atoms in total. The molecule has 18 heavy (non-hydrogen) atoms. The Morgan fingerprint density at radius 1 is 1.28 bits per heavy atom. The first-order valence-electron chi connectivity index (χ1n) is 7.01. The summed E-state index contributed by atoms with van der Waals surface area (Å²) in [6, 6.07) is 0. The van der Waals surface area contributed by atoms with Crippen LogP contribution in [-0.2, 0) is 4.74 Å². The summed E-state index contributed by atoms with van der Waals surface area (Å²) in [4.78, 5) is 0. The molecule has 0 aromatic heterocycles. The second-order valence-electron chi connectivity index (χ2n) is 5.42. The Morgan fingerprint density at radius 3 is 2.72 bits per heavy atom. The fraction of sp³-hybridized carbons (Fsp3) is 0.529. The van der Waals surface area contributed by atoms with Gasteiger partial charge in [-0.2, -0.15) is 0 Å². The molecule has 0 heterocycles. The molecule has 0 bridgehead atoms. The van der Waals surface area contributed by atoms with E-state index >= 15 is 0 Å². The van der Waals surface area contributed by atoms with E-state index in [1.165, 1.54) is 16.7 Å². The van der Waals surface area contributed by atoms with Crippen molar-refractivity contribution < 1.29 is 4.74 Å². The second-order valence-corrected chi connectivity index (χ2v) is 5.42. The molecule has 0 fully saturated rings. The highest BCUT2D eigenvalue weighted by atomic mass is 16.5. The zero-order valence-electron chi connectivity index (χ0n) is 11.8. The third kappa shape index (κ3) is 2.84. The van der Waals surface area contributed by atoms with E-state index in [1.807, 2.05) is 0 Å². The van der Waals surface area contributed by atoms with E-state index in [0.717, 1.165) is 32.3 Å². The van der Waals surface area contributed by atoms with Gasteiger partial charge in [0.1, 0.15) is 0 Å². The molecule has 1 heteroatoms. The lowest BCUT2D eigenvalue weighted by Crippen LogP contribution is -2.36. The molecule has 0 aromatic rings. The first-order chi connectivity index (χ1) is 8.66. The highest BCUT2D eigenvalue weighted by Crippen LogP contribution is 2.38. The average Bonchev–Trinajstić information content (AvgIpc) is 2.84. The van der Waals surface area contributed by atoms with E-state index in [0.29, 0.717) is 0 Å². The normalized spacial score (nSPS) is 26.9. The molecule has 0 amide bonds.